The fourth-order valence-corrected chi connectivity index (χ4v) is 3.96. The van der Waals surface area contributed by atoms with E-state index in [1.165, 1.54) is 18.4 Å². The van der Waals surface area contributed by atoms with E-state index < -0.39 is 34.6 Å². The zero-order valence-corrected chi connectivity index (χ0v) is 20.7. The molecular formula is C29H27F3O5. The van der Waals surface area contributed by atoms with Crippen LogP contribution in [0.15, 0.2) is 60.7 Å². The first kappa shape index (κ1) is 26.3. The SMILES string of the molecule is CC(C)(C)OC(=O)c1c(COc2ccc(-c3ccc(C4CC4)cc3)cc2)ccc(C(F)(F)F)c1OC=O. The van der Waals surface area contributed by atoms with Gasteiger partial charge in [0.15, 0.2) is 5.75 Å². The molecule has 4 rings (SSSR count). The Morgan fingerprint density at radius 3 is 2.03 bits per heavy atom. The zero-order chi connectivity index (χ0) is 26.8. The molecule has 0 saturated heterocycles. The number of esters is 1. The van der Waals surface area contributed by atoms with Crippen LogP contribution in [-0.4, -0.2) is 18.0 Å². The molecule has 1 aliphatic carbocycles. The Labute approximate surface area is 213 Å². The number of hydrogen-bond acceptors (Lipinski definition) is 5. The Balaban J connectivity index is 1.58. The minimum atomic E-state index is -4.86. The fourth-order valence-electron chi connectivity index (χ4n) is 3.96. The van der Waals surface area contributed by atoms with E-state index in [1.54, 1.807) is 32.9 Å². The van der Waals surface area contributed by atoms with Crippen LogP contribution in [0, 0.1) is 0 Å². The molecule has 194 valence electrons. The molecule has 0 aromatic heterocycles. The van der Waals surface area contributed by atoms with E-state index in [4.69, 9.17) is 9.47 Å². The van der Waals surface area contributed by atoms with Crippen LogP contribution in [-0.2, 0) is 22.3 Å². The van der Waals surface area contributed by atoms with Gasteiger partial charge in [-0.25, -0.2) is 4.79 Å². The van der Waals surface area contributed by atoms with Gasteiger partial charge in [0.1, 0.15) is 23.5 Å². The van der Waals surface area contributed by atoms with Gasteiger partial charge in [0.25, 0.3) is 6.47 Å². The number of alkyl halides is 3. The van der Waals surface area contributed by atoms with Gasteiger partial charge in [-0.2, -0.15) is 13.2 Å². The maximum Gasteiger partial charge on any atom is 0.420 e. The molecule has 8 heteroatoms. The van der Waals surface area contributed by atoms with Crippen LogP contribution in [0.1, 0.15) is 66.6 Å². The van der Waals surface area contributed by atoms with E-state index in [0.29, 0.717) is 11.7 Å². The van der Waals surface area contributed by atoms with Crippen LogP contribution in [0.2, 0.25) is 0 Å². The summed E-state index contributed by atoms with van der Waals surface area (Å²) in [6.07, 6.45) is -2.38. The summed E-state index contributed by atoms with van der Waals surface area (Å²) in [5.74, 6) is -0.842. The number of rotatable bonds is 8. The Kier molecular flexibility index (Phi) is 7.30. The average Bonchev–Trinajstić information content (AvgIpc) is 3.67. The third-order valence-electron chi connectivity index (χ3n) is 5.86. The Hall–Kier alpha value is -3.81. The standard InChI is InChI=1S/C29H27F3O5/c1-28(2,3)37-27(34)25-22(12-15-24(29(30,31)32)26(25)36-17-33)16-35-23-13-10-21(11-14-23)20-8-6-19(7-9-20)18-4-5-18/h6-15,17-18H,4-5,16H2,1-3H3. The molecular weight excluding hydrogens is 485 g/mol. The van der Waals surface area contributed by atoms with Gasteiger partial charge < -0.3 is 14.2 Å². The quantitative estimate of drug-likeness (QED) is 0.234. The molecule has 3 aromatic carbocycles. The monoisotopic (exact) mass is 512 g/mol. The van der Waals surface area contributed by atoms with Crippen molar-refractivity contribution in [3.05, 3.63) is 82.9 Å². The molecule has 0 atom stereocenters. The van der Waals surface area contributed by atoms with Crippen LogP contribution in [0.25, 0.3) is 11.1 Å². The molecule has 0 heterocycles. The van der Waals surface area contributed by atoms with Crippen LogP contribution >= 0.6 is 0 Å². The van der Waals surface area contributed by atoms with Gasteiger partial charge in [0, 0.05) is 5.56 Å². The predicted molar refractivity (Wildman–Crippen MR) is 131 cm³/mol. The largest absolute Gasteiger partial charge is 0.489 e. The summed E-state index contributed by atoms with van der Waals surface area (Å²) in [6, 6.07) is 17.5. The number of carbonyl (C=O) groups is 2. The second-order valence-corrected chi connectivity index (χ2v) is 9.90. The molecule has 0 N–H and O–H groups in total. The highest BCUT2D eigenvalue weighted by Crippen LogP contribution is 2.41. The summed E-state index contributed by atoms with van der Waals surface area (Å²) in [7, 11) is 0. The first-order chi connectivity index (χ1) is 17.5. The van der Waals surface area contributed by atoms with Crippen molar-refractivity contribution in [1.29, 1.82) is 0 Å². The summed E-state index contributed by atoms with van der Waals surface area (Å²) in [6.45, 7) is 4.33. The van der Waals surface area contributed by atoms with E-state index in [2.05, 4.69) is 29.0 Å². The molecule has 0 unspecified atom stereocenters. The molecule has 3 aromatic rings. The van der Waals surface area contributed by atoms with Gasteiger partial charge in [-0.05, 0) is 74.4 Å². The van der Waals surface area contributed by atoms with E-state index in [0.717, 1.165) is 23.3 Å². The maximum atomic E-state index is 13.6. The van der Waals surface area contributed by atoms with Gasteiger partial charge in [0.05, 0.1) is 5.56 Å². The average molecular weight is 513 g/mol. The van der Waals surface area contributed by atoms with Crippen molar-refractivity contribution < 1.29 is 37.0 Å². The number of ether oxygens (including phenoxy) is 3. The summed E-state index contributed by atoms with van der Waals surface area (Å²) in [4.78, 5) is 23.9. The highest BCUT2D eigenvalue weighted by Gasteiger charge is 2.38. The van der Waals surface area contributed by atoms with E-state index >= 15 is 0 Å². The summed E-state index contributed by atoms with van der Waals surface area (Å²) in [5.41, 5.74) is 0.708. The van der Waals surface area contributed by atoms with Crippen LogP contribution < -0.4 is 9.47 Å². The van der Waals surface area contributed by atoms with E-state index in [9.17, 15) is 22.8 Å². The summed E-state index contributed by atoms with van der Waals surface area (Å²) >= 11 is 0. The van der Waals surface area contributed by atoms with Crippen molar-refractivity contribution in [2.75, 3.05) is 0 Å². The molecule has 0 radical (unpaired) electrons. The van der Waals surface area contributed by atoms with Crippen molar-refractivity contribution in [2.45, 2.75) is 57.9 Å². The highest BCUT2D eigenvalue weighted by molar-refractivity contribution is 5.95. The lowest BCUT2D eigenvalue weighted by Gasteiger charge is -2.23. The van der Waals surface area contributed by atoms with Crippen LogP contribution in [0.4, 0.5) is 13.2 Å². The number of carbonyl (C=O) groups excluding carboxylic acids is 2. The van der Waals surface area contributed by atoms with Gasteiger partial charge >= 0.3 is 12.1 Å². The third-order valence-corrected chi connectivity index (χ3v) is 5.86. The molecule has 5 nitrogen and oxygen atoms in total. The second kappa shape index (κ2) is 10.3. The van der Waals surface area contributed by atoms with Crippen LogP contribution in [0.5, 0.6) is 11.5 Å². The van der Waals surface area contributed by atoms with Crippen molar-refractivity contribution in [3.63, 3.8) is 0 Å². The topological polar surface area (TPSA) is 61.8 Å². The molecule has 1 aliphatic rings. The van der Waals surface area contributed by atoms with Gasteiger partial charge in [-0.1, -0.05) is 42.5 Å². The molecule has 0 spiro atoms. The molecule has 1 fully saturated rings. The summed E-state index contributed by atoms with van der Waals surface area (Å²) in [5, 5.41) is 0. The maximum absolute atomic E-state index is 13.6. The van der Waals surface area contributed by atoms with E-state index in [-0.39, 0.29) is 18.6 Å². The van der Waals surface area contributed by atoms with Crippen molar-refractivity contribution in [2.24, 2.45) is 0 Å². The lowest BCUT2D eigenvalue weighted by Crippen LogP contribution is -2.26. The lowest BCUT2D eigenvalue weighted by atomic mass is 10.0. The van der Waals surface area contributed by atoms with Crippen molar-refractivity contribution in [3.8, 4) is 22.6 Å². The van der Waals surface area contributed by atoms with Gasteiger partial charge in [0.2, 0.25) is 0 Å². The van der Waals surface area contributed by atoms with Gasteiger partial charge in [-0.15, -0.1) is 0 Å². The number of halogens is 3. The Bertz CT molecular complexity index is 1270. The Morgan fingerprint density at radius 1 is 0.919 bits per heavy atom. The highest BCUT2D eigenvalue weighted by atomic mass is 19.4. The first-order valence-corrected chi connectivity index (χ1v) is 11.9. The first-order valence-electron chi connectivity index (χ1n) is 11.9. The molecule has 1 saturated carbocycles. The number of benzene rings is 3. The van der Waals surface area contributed by atoms with E-state index in [1.807, 2.05) is 12.1 Å². The number of hydrogen-bond donors (Lipinski definition) is 0. The third kappa shape index (κ3) is 6.50. The second-order valence-electron chi connectivity index (χ2n) is 9.90. The molecule has 37 heavy (non-hydrogen) atoms. The van der Waals surface area contributed by atoms with Crippen LogP contribution in [0.3, 0.4) is 0 Å². The minimum absolute atomic E-state index is 0.0823. The zero-order valence-electron chi connectivity index (χ0n) is 20.7. The molecule has 0 bridgehead atoms. The van der Waals surface area contributed by atoms with Crippen molar-refractivity contribution in [1.82, 2.24) is 0 Å². The minimum Gasteiger partial charge on any atom is -0.489 e. The predicted octanol–water partition coefficient (Wildman–Crippen LogP) is 7.32. The van der Waals surface area contributed by atoms with Crippen molar-refractivity contribution >= 4 is 12.4 Å². The summed E-state index contributed by atoms with van der Waals surface area (Å²) < 4.78 is 56.5. The molecule has 0 amide bonds. The lowest BCUT2D eigenvalue weighted by molar-refractivity contribution is -0.139. The fraction of sp³-hybridized carbons (Fsp3) is 0.310. The normalized spacial score (nSPS) is 13.7. The molecule has 0 aliphatic heterocycles. The Morgan fingerprint density at radius 2 is 1.51 bits per heavy atom. The van der Waals surface area contributed by atoms with Gasteiger partial charge in [-0.3, -0.25) is 4.79 Å². The smallest absolute Gasteiger partial charge is 0.420 e.